The molecule has 0 bridgehead atoms. The van der Waals surface area contributed by atoms with Crippen molar-refractivity contribution in [3.63, 3.8) is 0 Å². The van der Waals surface area contributed by atoms with E-state index in [0.29, 0.717) is 18.4 Å². The van der Waals surface area contributed by atoms with Crippen LogP contribution >= 0.6 is 0 Å². The van der Waals surface area contributed by atoms with Gasteiger partial charge < -0.3 is 5.32 Å². The highest BCUT2D eigenvalue weighted by Crippen LogP contribution is 1.99. The summed E-state index contributed by atoms with van der Waals surface area (Å²) in [5, 5.41) is 3.15. The second-order valence-corrected chi connectivity index (χ2v) is 4.07. The van der Waals surface area contributed by atoms with Crippen LogP contribution in [0.15, 0.2) is 35.3 Å². The normalized spacial score (nSPS) is 11.6. The van der Waals surface area contributed by atoms with E-state index in [1.807, 2.05) is 30.3 Å². The van der Waals surface area contributed by atoms with Gasteiger partial charge in [-0.25, -0.2) is 10.8 Å². The van der Waals surface area contributed by atoms with E-state index >= 15 is 0 Å². The fourth-order valence-electron chi connectivity index (χ4n) is 1.21. The van der Waals surface area contributed by atoms with Gasteiger partial charge in [-0.05, 0) is 11.5 Å². The molecule has 0 aliphatic carbocycles. The van der Waals surface area contributed by atoms with Crippen LogP contribution in [0.5, 0.6) is 0 Å². The van der Waals surface area contributed by atoms with Gasteiger partial charge in [0.25, 0.3) is 0 Å². The van der Waals surface area contributed by atoms with Gasteiger partial charge in [-0.15, -0.1) is 0 Å². The fourth-order valence-corrected chi connectivity index (χ4v) is 1.21. The summed E-state index contributed by atoms with van der Waals surface area (Å²) < 4.78 is 0. The fraction of sp³-hybridized carbons (Fsp3) is 0.417. The zero-order chi connectivity index (χ0) is 11.8. The first-order chi connectivity index (χ1) is 7.72. The van der Waals surface area contributed by atoms with E-state index in [1.165, 1.54) is 5.56 Å². The number of benzene rings is 1. The van der Waals surface area contributed by atoms with Gasteiger partial charge in [0.05, 0.1) is 6.54 Å². The Kier molecular flexibility index (Phi) is 5.36. The van der Waals surface area contributed by atoms with Crippen LogP contribution in [0.3, 0.4) is 0 Å². The molecular formula is C12H20N4. The van der Waals surface area contributed by atoms with Crippen LogP contribution in [0.4, 0.5) is 0 Å². The maximum absolute atomic E-state index is 5.38. The summed E-state index contributed by atoms with van der Waals surface area (Å²) in [6.45, 7) is 5.76. The van der Waals surface area contributed by atoms with Crippen molar-refractivity contribution in [2.75, 3.05) is 6.54 Å². The Morgan fingerprint density at radius 3 is 2.56 bits per heavy atom. The molecule has 0 saturated carbocycles. The summed E-state index contributed by atoms with van der Waals surface area (Å²) in [7, 11) is 0. The Morgan fingerprint density at radius 2 is 2.00 bits per heavy atom. The number of aliphatic imine (C=N–C) groups is 1. The van der Waals surface area contributed by atoms with Gasteiger partial charge in [0.15, 0.2) is 0 Å². The minimum absolute atomic E-state index is 0.565. The van der Waals surface area contributed by atoms with Gasteiger partial charge in [0, 0.05) is 6.54 Å². The average molecular weight is 220 g/mol. The molecule has 0 atom stereocenters. The van der Waals surface area contributed by atoms with Crippen LogP contribution in [0.1, 0.15) is 19.4 Å². The quantitative estimate of drug-likeness (QED) is 0.310. The van der Waals surface area contributed by atoms with Gasteiger partial charge in [-0.1, -0.05) is 44.2 Å². The van der Waals surface area contributed by atoms with Crippen molar-refractivity contribution in [3.05, 3.63) is 35.9 Å². The lowest BCUT2D eigenvalue weighted by molar-refractivity contribution is 0.615. The number of hydrogen-bond acceptors (Lipinski definition) is 2. The molecule has 1 aromatic carbocycles. The Morgan fingerprint density at radius 1 is 1.31 bits per heavy atom. The highest BCUT2D eigenvalue weighted by Gasteiger charge is 1.97. The zero-order valence-electron chi connectivity index (χ0n) is 9.90. The number of nitrogens with two attached hydrogens (primary N) is 1. The highest BCUT2D eigenvalue weighted by atomic mass is 15.3. The van der Waals surface area contributed by atoms with Crippen LogP contribution in [-0.2, 0) is 6.54 Å². The van der Waals surface area contributed by atoms with Crippen molar-refractivity contribution in [1.29, 1.82) is 0 Å². The number of rotatable bonds is 4. The largest absolute Gasteiger partial charge is 0.355 e. The molecule has 4 nitrogen and oxygen atoms in total. The lowest BCUT2D eigenvalue weighted by atomic mass is 10.2. The summed E-state index contributed by atoms with van der Waals surface area (Å²) >= 11 is 0. The van der Waals surface area contributed by atoms with Crippen molar-refractivity contribution < 1.29 is 0 Å². The summed E-state index contributed by atoms with van der Waals surface area (Å²) in [5.74, 6) is 6.58. The van der Waals surface area contributed by atoms with Crippen molar-refractivity contribution >= 4 is 5.96 Å². The smallest absolute Gasteiger partial charge is 0.206 e. The Bertz CT molecular complexity index is 319. The summed E-state index contributed by atoms with van der Waals surface area (Å²) in [6.07, 6.45) is 0. The molecule has 4 heteroatoms. The molecule has 0 fully saturated rings. The van der Waals surface area contributed by atoms with Crippen molar-refractivity contribution in [1.82, 2.24) is 10.7 Å². The second-order valence-electron chi connectivity index (χ2n) is 4.07. The van der Waals surface area contributed by atoms with Gasteiger partial charge in [-0.2, -0.15) is 0 Å². The molecule has 0 spiro atoms. The Labute approximate surface area is 96.9 Å². The van der Waals surface area contributed by atoms with Gasteiger partial charge in [0.1, 0.15) is 0 Å². The predicted octanol–water partition coefficient (Wildman–Crippen LogP) is 1.25. The molecule has 0 unspecified atom stereocenters. The predicted molar refractivity (Wildman–Crippen MR) is 67.7 cm³/mol. The molecule has 4 N–H and O–H groups in total. The van der Waals surface area contributed by atoms with E-state index in [1.54, 1.807) is 0 Å². The Hall–Kier alpha value is -1.55. The van der Waals surface area contributed by atoms with Crippen LogP contribution in [0.25, 0.3) is 0 Å². The third-order valence-electron chi connectivity index (χ3n) is 2.08. The van der Waals surface area contributed by atoms with E-state index in [9.17, 15) is 0 Å². The van der Waals surface area contributed by atoms with Crippen molar-refractivity contribution in [2.45, 2.75) is 20.4 Å². The topological polar surface area (TPSA) is 62.4 Å². The highest BCUT2D eigenvalue weighted by molar-refractivity contribution is 5.79. The number of guanidine groups is 1. The first kappa shape index (κ1) is 12.5. The van der Waals surface area contributed by atoms with Crippen molar-refractivity contribution in [2.24, 2.45) is 16.8 Å². The summed E-state index contributed by atoms with van der Waals surface area (Å²) in [5.41, 5.74) is 3.73. The molecule has 0 aliphatic rings. The lowest BCUT2D eigenvalue weighted by Crippen LogP contribution is -2.42. The molecule has 0 amide bonds. The van der Waals surface area contributed by atoms with E-state index in [2.05, 4.69) is 29.6 Å². The third-order valence-corrected chi connectivity index (χ3v) is 2.08. The lowest BCUT2D eigenvalue weighted by Gasteiger charge is -2.10. The Balaban J connectivity index is 2.47. The first-order valence-corrected chi connectivity index (χ1v) is 5.51. The van der Waals surface area contributed by atoms with Gasteiger partial charge in [0.2, 0.25) is 5.96 Å². The molecular weight excluding hydrogens is 200 g/mol. The number of nitrogens with one attached hydrogen (secondary N) is 2. The van der Waals surface area contributed by atoms with Crippen LogP contribution in [-0.4, -0.2) is 12.5 Å². The molecule has 0 aliphatic heterocycles. The molecule has 0 radical (unpaired) electrons. The van der Waals surface area contributed by atoms with Crippen molar-refractivity contribution in [3.8, 4) is 0 Å². The first-order valence-electron chi connectivity index (χ1n) is 5.51. The summed E-state index contributed by atoms with van der Waals surface area (Å²) in [6, 6.07) is 10.1. The monoisotopic (exact) mass is 220 g/mol. The van der Waals surface area contributed by atoms with E-state index in [0.717, 1.165) is 6.54 Å². The molecule has 88 valence electrons. The number of hydrazine groups is 1. The molecule has 1 aromatic rings. The SMILES string of the molecule is CC(C)CNC(=NCc1ccccc1)NN. The minimum atomic E-state index is 0.565. The maximum atomic E-state index is 5.38. The van der Waals surface area contributed by atoms with Crippen LogP contribution < -0.4 is 16.6 Å². The van der Waals surface area contributed by atoms with E-state index in [-0.39, 0.29) is 0 Å². The molecule has 1 rings (SSSR count). The zero-order valence-corrected chi connectivity index (χ0v) is 9.90. The average Bonchev–Trinajstić information content (AvgIpc) is 2.30. The van der Waals surface area contributed by atoms with Gasteiger partial charge in [-0.3, -0.25) is 5.43 Å². The van der Waals surface area contributed by atoms with Crippen LogP contribution in [0, 0.1) is 5.92 Å². The van der Waals surface area contributed by atoms with E-state index in [4.69, 9.17) is 5.84 Å². The number of nitrogens with zero attached hydrogens (tertiary/aromatic N) is 1. The minimum Gasteiger partial charge on any atom is -0.355 e. The molecule has 0 heterocycles. The van der Waals surface area contributed by atoms with E-state index < -0.39 is 0 Å². The standard InChI is InChI=1S/C12H20N4/c1-10(2)8-14-12(16-13)15-9-11-6-4-3-5-7-11/h3-7,10H,8-9,13H2,1-2H3,(H2,14,15,16). The third kappa shape index (κ3) is 4.79. The summed E-state index contributed by atoms with van der Waals surface area (Å²) in [4.78, 5) is 4.35. The molecule has 0 saturated heterocycles. The second kappa shape index (κ2) is 6.85. The van der Waals surface area contributed by atoms with Crippen LogP contribution in [0.2, 0.25) is 0 Å². The van der Waals surface area contributed by atoms with Gasteiger partial charge >= 0.3 is 0 Å². The molecule has 16 heavy (non-hydrogen) atoms. The molecule has 0 aromatic heterocycles. The number of hydrogen-bond donors (Lipinski definition) is 3. The maximum Gasteiger partial charge on any atom is 0.206 e.